The van der Waals surface area contributed by atoms with Gasteiger partial charge in [0.15, 0.2) is 0 Å². The first-order chi connectivity index (χ1) is 9.90. The van der Waals surface area contributed by atoms with Gasteiger partial charge in [-0.05, 0) is 17.7 Å². The Balaban J connectivity index is 2.15. The number of anilines is 2. The van der Waals surface area contributed by atoms with Crippen LogP contribution >= 0.6 is 0 Å². The molecule has 1 aromatic heterocycles. The Hall–Kier alpha value is -2.61. The lowest BCUT2D eigenvalue weighted by molar-refractivity contribution is 0.191. The van der Waals surface area contributed by atoms with Crippen molar-refractivity contribution in [3.8, 4) is 0 Å². The lowest BCUT2D eigenvalue weighted by Crippen LogP contribution is -2.40. The van der Waals surface area contributed by atoms with E-state index < -0.39 is 17.4 Å². The Morgan fingerprint density at radius 1 is 1.29 bits per heavy atom. The zero-order chi connectivity index (χ0) is 15.6. The van der Waals surface area contributed by atoms with E-state index in [1.165, 1.54) is 14.1 Å². The molecule has 8 nitrogen and oxygen atoms in total. The van der Waals surface area contributed by atoms with Crippen molar-refractivity contribution in [3.05, 3.63) is 50.7 Å². The Bertz CT molecular complexity index is 748. The summed E-state index contributed by atoms with van der Waals surface area (Å²) >= 11 is 0. The van der Waals surface area contributed by atoms with E-state index in [1.54, 1.807) is 24.3 Å². The highest BCUT2D eigenvalue weighted by molar-refractivity contribution is 5.40. The van der Waals surface area contributed by atoms with E-state index in [-0.39, 0.29) is 12.4 Å². The number of aliphatic hydroxyl groups is 1. The molecule has 21 heavy (non-hydrogen) atoms. The number of rotatable bonds is 4. The second kappa shape index (κ2) is 5.80. The monoisotopic (exact) mass is 291 g/mol. The number of hydrogen-bond donors (Lipinski definition) is 3. The number of aromatic nitrogens is 3. The summed E-state index contributed by atoms with van der Waals surface area (Å²) in [6, 6.07) is 6.77. The molecule has 1 atom stereocenters. The summed E-state index contributed by atoms with van der Waals surface area (Å²) < 4.78 is 2.00. The van der Waals surface area contributed by atoms with Gasteiger partial charge in [0.2, 0.25) is 5.82 Å². The van der Waals surface area contributed by atoms with Crippen LogP contribution in [0, 0.1) is 0 Å². The van der Waals surface area contributed by atoms with Gasteiger partial charge in [0, 0.05) is 26.3 Å². The van der Waals surface area contributed by atoms with Gasteiger partial charge in [0.25, 0.3) is 5.56 Å². The summed E-state index contributed by atoms with van der Waals surface area (Å²) in [7, 11) is 2.82. The summed E-state index contributed by atoms with van der Waals surface area (Å²) in [4.78, 5) is 23.4. The highest BCUT2D eigenvalue weighted by Crippen LogP contribution is 2.14. The number of aliphatic hydroxyl groups excluding tert-OH is 1. The second-order valence-corrected chi connectivity index (χ2v) is 4.68. The van der Waals surface area contributed by atoms with Crippen molar-refractivity contribution in [2.75, 3.05) is 17.6 Å². The first-order valence-corrected chi connectivity index (χ1v) is 6.32. The molecule has 8 heteroatoms. The molecule has 1 heterocycles. The molecule has 0 saturated heterocycles. The van der Waals surface area contributed by atoms with Crippen molar-refractivity contribution in [1.29, 1.82) is 0 Å². The summed E-state index contributed by atoms with van der Waals surface area (Å²) in [6.45, 7) is 0.0877. The lowest BCUT2D eigenvalue weighted by Gasteiger charge is -2.13. The maximum atomic E-state index is 11.9. The van der Waals surface area contributed by atoms with E-state index >= 15 is 0 Å². The Labute approximate surface area is 120 Å². The number of nitrogen functional groups attached to an aromatic ring is 1. The minimum absolute atomic E-state index is 0.00842. The van der Waals surface area contributed by atoms with Gasteiger partial charge in [-0.15, -0.1) is 5.10 Å². The van der Waals surface area contributed by atoms with E-state index in [2.05, 4.69) is 10.4 Å². The average Bonchev–Trinajstić information content (AvgIpc) is 2.48. The van der Waals surface area contributed by atoms with Crippen molar-refractivity contribution >= 4 is 11.5 Å². The van der Waals surface area contributed by atoms with Gasteiger partial charge in [0.1, 0.15) is 0 Å². The predicted molar refractivity (Wildman–Crippen MR) is 79.0 cm³/mol. The number of nitrogens with zero attached hydrogens (tertiary/aromatic N) is 3. The fourth-order valence-electron chi connectivity index (χ4n) is 1.84. The zero-order valence-corrected chi connectivity index (χ0v) is 11.8. The van der Waals surface area contributed by atoms with Crippen LogP contribution in [0.5, 0.6) is 0 Å². The van der Waals surface area contributed by atoms with Crippen LogP contribution in [0.1, 0.15) is 11.7 Å². The molecule has 1 aromatic carbocycles. The SMILES string of the molecule is Cn1nc(NCC(O)c2ccc(N)cc2)c(=O)n(C)c1=O. The quantitative estimate of drug-likeness (QED) is 0.636. The van der Waals surface area contributed by atoms with Gasteiger partial charge in [-0.3, -0.25) is 9.36 Å². The molecule has 1 unspecified atom stereocenters. The van der Waals surface area contributed by atoms with E-state index in [0.717, 1.165) is 9.25 Å². The number of nitrogens with one attached hydrogen (secondary N) is 1. The standard InChI is InChI=1S/C13H17N5O3/c1-17-12(20)11(16-18(2)13(17)21)15-7-10(19)8-3-5-9(14)6-4-8/h3-6,10,19H,7,14H2,1-2H3,(H,15,16). The molecule has 0 aliphatic heterocycles. The molecule has 0 amide bonds. The Kier molecular flexibility index (Phi) is 4.08. The van der Waals surface area contributed by atoms with Crippen molar-refractivity contribution < 1.29 is 5.11 Å². The highest BCUT2D eigenvalue weighted by atomic mass is 16.3. The Morgan fingerprint density at radius 3 is 2.52 bits per heavy atom. The maximum absolute atomic E-state index is 11.9. The van der Waals surface area contributed by atoms with Crippen LogP contribution in [0.3, 0.4) is 0 Å². The highest BCUT2D eigenvalue weighted by Gasteiger charge is 2.11. The topological polar surface area (TPSA) is 115 Å². The summed E-state index contributed by atoms with van der Waals surface area (Å²) in [5.41, 5.74) is 5.80. The third-order valence-electron chi connectivity index (χ3n) is 3.11. The molecule has 2 rings (SSSR count). The molecule has 112 valence electrons. The number of nitrogens with two attached hydrogens (primary N) is 1. The third-order valence-corrected chi connectivity index (χ3v) is 3.11. The van der Waals surface area contributed by atoms with Gasteiger partial charge in [-0.25, -0.2) is 9.48 Å². The first-order valence-electron chi connectivity index (χ1n) is 6.32. The second-order valence-electron chi connectivity index (χ2n) is 4.68. The fraction of sp³-hybridized carbons (Fsp3) is 0.308. The predicted octanol–water partition coefficient (Wildman–Crippen LogP) is -0.793. The average molecular weight is 291 g/mol. The molecule has 0 bridgehead atoms. The molecular weight excluding hydrogens is 274 g/mol. The van der Waals surface area contributed by atoms with Gasteiger partial charge >= 0.3 is 5.69 Å². The fourth-order valence-corrected chi connectivity index (χ4v) is 1.84. The number of aryl methyl sites for hydroxylation is 1. The van der Waals surface area contributed by atoms with E-state index in [4.69, 9.17) is 5.73 Å². The van der Waals surface area contributed by atoms with Gasteiger partial charge in [-0.2, -0.15) is 0 Å². The normalized spacial score (nSPS) is 12.1. The van der Waals surface area contributed by atoms with E-state index in [9.17, 15) is 14.7 Å². The van der Waals surface area contributed by atoms with E-state index in [1.807, 2.05) is 0 Å². The summed E-state index contributed by atoms with van der Waals surface area (Å²) in [5, 5.41) is 16.6. The molecule has 0 saturated carbocycles. The third kappa shape index (κ3) is 3.11. The molecule has 0 radical (unpaired) electrons. The van der Waals surface area contributed by atoms with Crippen LogP contribution in [0.2, 0.25) is 0 Å². The van der Waals surface area contributed by atoms with Crippen molar-refractivity contribution in [2.24, 2.45) is 14.1 Å². The van der Waals surface area contributed by atoms with Crippen molar-refractivity contribution in [1.82, 2.24) is 14.3 Å². The smallest absolute Gasteiger partial charge is 0.346 e. The molecule has 0 aliphatic carbocycles. The van der Waals surface area contributed by atoms with Gasteiger partial charge in [-0.1, -0.05) is 12.1 Å². The minimum Gasteiger partial charge on any atom is -0.399 e. The molecule has 0 spiro atoms. The number of hydrogen-bond acceptors (Lipinski definition) is 6. The van der Waals surface area contributed by atoms with Gasteiger partial charge < -0.3 is 16.2 Å². The number of benzene rings is 1. The van der Waals surface area contributed by atoms with Gasteiger partial charge in [0.05, 0.1) is 6.10 Å². The molecule has 4 N–H and O–H groups in total. The first kappa shape index (κ1) is 14.8. The lowest BCUT2D eigenvalue weighted by atomic mass is 10.1. The van der Waals surface area contributed by atoms with Crippen LogP contribution in [0.25, 0.3) is 0 Å². The van der Waals surface area contributed by atoms with Crippen LogP contribution in [0.15, 0.2) is 33.9 Å². The maximum Gasteiger partial charge on any atom is 0.346 e. The molecule has 0 aliphatic rings. The summed E-state index contributed by atoms with van der Waals surface area (Å²) in [5.74, 6) is 0.00842. The Morgan fingerprint density at radius 2 is 1.90 bits per heavy atom. The van der Waals surface area contributed by atoms with Crippen molar-refractivity contribution in [2.45, 2.75) is 6.10 Å². The minimum atomic E-state index is -0.825. The van der Waals surface area contributed by atoms with Crippen LogP contribution in [0.4, 0.5) is 11.5 Å². The van der Waals surface area contributed by atoms with Crippen LogP contribution in [-0.4, -0.2) is 26.0 Å². The molecule has 0 fully saturated rings. The van der Waals surface area contributed by atoms with E-state index in [0.29, 0.717) is 11.3 Å². The molecular formula is C13H17N5O3. The summed E-state index contributed by atoms with van der Waals surface area (Å²) in [6.07, 6.45) is -0.825. The zero-order valence-electron chi connectivity index (χ0n) is 11.8. The molecule has 2 aromatic rings. The largest absolute Gasteiger partial charge is 0.399 e. The van der Waals surface area contributed by atoms with Crippen molar-refractivity contribution in [3.63, 3.8) is 0 Å². The van der Waals surface area contributed by atoms with Crippen LogP contribution in [-0.2, 0) is 14.1 Å². The van der Waals surface area contributed by atoms with Crippen LogP contribution < -0.4 is 22.3 Å².